The Bertz CT molecular complexity index is 1190. The minimum absolute atomic E-state index is 0.0554. The fourth-order valence-electron chi connectivity index (χ4n) is 5.34. The standard InChI is InChI=1S/C29H35Cl2N3O4/c1-29(2,3)20-8-11-22(12-9-20)34-25(17-38-28(34)33-24-13-10-21(30)16-23(24)31)18-4-6-19(7-5-18)27(37)32-15-14-26(35)36/h4-7,10,13,16,20,22,25H,8-9,11-12,14-15,17H2,1-3H3,(H,32,37)(H,35,36). The summed E-state index contributed by atoms with van der Waals surface area (Å²) in [5.74, 6) is -0.570. The number of halogens is 2. The van der Waals surface area contributed by atoms with Crippen LogP contribution >= 0.6 is 23.2 Å². The Labute approximate surface area is 234 Å². The molecule has 4 rings (SSSR count). The minimum Gasteiger partial charge on any atom is -0.481 e. The van der Waals surface area contributed by atoms with Crippen LogP contribution in [0.4, 0.5) is 5.69 Å². The van der Waals surface area contributed by atoms with Crippen LogP contribution in [0.5, 0.6) is 0 Å². The number of carbonyl (C=O) groups excluding carboxylic acids is 1. The molecule has 2 aromatic rings. The second kappa shape index (κ2) is 12.0. The molecule has 1 saturated carbocycles. The molecule has 1 aliphatic carbocycles. The van der Waals surface area contributed by atoms with Crippen molar-refractivity contribution in [2.75, 3.05) is 13.2 Å². The van der Waals surface area contributed by atoms with Crippen LogP contribution in [0, 0.1) is 11.3 Å². The molecule has 9 heteroatoms. The van der Waals surface area contributed by atoms with Crippen molar-refractivity contribution < 1.29 is 19.4 Å². The van der Waals surface area contributed by atoms with Crippen molar-refractivity contribution in [1.82, 2.24) is 10.2 Å². The van der Waals surface area contributed by atoms with E-state index in [2.05, 4.69) is 31.0 Å². The average Bonchev–Trinajstić information content (AvgIpc) is 3.28. The number of rotatable bonds is 7. The van der Waals surface area contributed by atoms with E-state index in [0.717, 1.165) is 31.2 Å². The molecule has 0 radical (unpaired) electrons. The van der Waals surface area contributed by atoms with Crippen LogP contribution < -0.4 is 5.32 Å². The van der Waals surface area contributed by atoms with Gasteiger partial charge in [-0.05, 0) is 72.9 Å². The lowest BCUT2D eigenvalue weighted by Gasteiger charge is -2.41. The summed E-state index contributed by atoms with van der Waals surface area (Å²) < 4.78 is 6.17. The molecule has 1 unspecified atom stereocenters. The van der Waals surface area contributed by atoms with Gasteiger partial charge in [0.25, 0.3) is 11.9 Å². The van der Waals surface area contributed by atoms with Crippen molar-refractivity contribution in [3.63, 3.8) is 0 Å². The highest BCUT2D eigenvalue weighted by Crippen LogP contribution is 2.42. The van der Waals surface area contributed by atoms with E-state index in [0.29, 0.717) is 39.8 Å². The number of amides is 1. The molecule has 0 spiro atoms. The van der Waals surface area contributed by atoms with Crippen LogP contribution in [-0.2, 0) is 9.53 Å². The van der Waals surface area contributed by atoms with Gasteiger partial charge >= 0.3 is 5.97 Å². The summed E-state index contributed by atoms with van der Waals surface area (Å²) in [5.41, 5.74) is 2.39. The Balaban J connectivity index is 1.57. The molecule has 1 aliphatic heterocycles. The fourth-order valence-corrected chi connectivity index (χ4v) is 5.79. The van der Waals surface area contributed by atoms with Gasteiger partial charge in [0.2, 0.25) is 0 Å². The predicted molar refractivity (Wildman–Crippen MR) is 150 cm³/mol. The third-order valence-electron chi connectivity index (χ3n) is 7.55. The molecule has 2 N–H and O–H groups in total. The van der Waals surface area contributed by atoms with Gasteiger partial charge in [0.1, 0.15) is 6.61 Å². The summed E-state index contributed by atoms with van der Waals surface area (Å²) >= 11 is 12.5. The molecule has 2 aromatic carbocycles. The molecular formula is C29H35Cl2N3O4. The third-order valence-corrected chi connectivity index (χ3v) is 8.09. The first-order chi connectivity index (χ1) is 18.0. The average molecular weight is 561 g/mol. The summed E-state index contributed by atoms with van der Waals surface area (Å²) in [7, 11) is 0. The summed E-state index contributed by atoms with van der Waals surface area (Å²) in [5, 5.41) is 12.5. The number of amidine groups is 1. The molecule has 1 amide bonds. The topological polar surface area (TPSA) is 91.2 Å². The van der Waals surface area contributed by atoms with Crippen molar-refractivity contribution in [3.8, 4) is 0 Å². The van der Waals surface area contributed by atoms with E-state index >= 15 is 0 Å². The van der Waals surface area contributed by atoms with Gasteiger partial charge in [0.05, 0.1) is 23.2 Å². The maximum Gasteiger partial charge on any atom is 0.305 e. The largest absolute Gasteiger partial charge is 0.481 e. The van der Waals surface area contributed by atoms with Gasteiger partial charge < -0.3 is 20.1 Å². The van der Waals surface area contributed by atoms with Crippen molar-refractivity contribution in [3.05, 3.63) is 63.6 Å². The lowest BCUT2D eigenvalue weighted by molar-refractivity contribution is -0.136. The highest BCUT2D eigenvalue weighted by atomic mass is 35.5. The molecule has 1 heterocycles. The zero-order chi connectivity index (χ0) is 27.4. The van der Waals surface area contributed by atoms with Crippen LogP contribution in [0.15, 0.2) is 47.5 Å². The Hall–Kier alpha value is -2.77. The molecule has 1 atom stereocenters. The summed E-state index contributed by atoms with van der Waals surface area (Å²) in [4.78, 5) is 30.2. The minimum atomic E-state index is -0.948. The first kappa shape index (κ1) is 28.2. The van der Waals surface area contributed by atoms with Crippen molar-refractivity contribution in [2.24, 2.45) is 16.3 Å². The van der Waals surface area contributed by atoms with E-state index in [1.54, 1.807) is 30.3 Å². The number of aliphatic imine (C=N–C) groups is 1. The van der Waals surface area contributed by atoms with Gasteiger partial charge in [0, 0.05) is 23.2 Å². The zero-order valence-corrected chi connectivity index (χ0v) is 23.6. The number of carbonyl (C=O) groups is 2. The van der Waals surface area contributed by atoms with Gasteiger partial charge in [0.15, 0.2) is 0 Å². The number of benzene rings is 2. The molecule has 38 heavy (non-hydrogen) atoms. The molecule has 0 aromatic heterocycles. The van der Waals surface area contributed by atoms with Gasteiger partial charge in [-0.3, -0.25) is 9.59 Å². The van der Waals surface area contributed by atoms with E-state index in [1.807, 2.05) is 12.1 Å². The van der Waals surface area contributed by atoms with E-state index in [-0.39, 0.29) is 36.4 Å². The molecule has 0 bridgehead atoms. The Morgan fingerprint density at radius 1 is 1.08 bits per heavy atom. The normalized spacial score (nSPS) is 22.8. The summed E-state index contributed by atoms with van der Waals surface area (Å²) in [6, 6.07) is 13.4. The van der Waals surface area contributed by atoms with Crippen molar-refractivity contribution in [1.29, 1.82) is 0 Å². The summed E-state index contributed by atoms with van der Waals surface area (Å²) in [6.07, 6.45) is 4.25. The molecule has 7 nitrogen and oxygen atoms in total. The van der Waals surface area contributed by atoms with Gasteiger partial charge in [-0.2, -0.15) is 4.99 Å². The van der Waals surface area contributed by atoms with E-state index in [9.17, 15) is 9.59 Å². The van der Waals surface area contributed by atoms with E-state index in [1.165, 1.54) is 0 Å². The smallest absolute Gasteiger partial charge is 0.305 e. The Morgan fingerprint density at radius 2 is 1.76 bits per heavy atom. The van der Waals surface area contributed by atoms with Crippen molar-refractivity contribution in [2.45, 2.75) is 65.0 Å². The monoisotopic (exact) mass is 559 g/mol. The number of hydrogen-bond acceptors (Lipinski definition) is 4. The number of nitrogens with one attached hydrogen (secondary N) is 1. The Morgan fingerprint density at radius 3 is 2.37 bits per heavy atom. The lowest BCUT2D eigenvalue weighted by Crippen LogP contribution is -2.42. The quantitative estimate of drug-likeness (QED) is 0.386. The third kappa shape index (κ3) is 6.80. The highest BCUT2D eigenvalue weighted by Gasteiger charge is 2.40. The number of hydrogen-bond donors (Lipinski definition) is 2. The lowest BCUT2D eigenvalue weighted by atomic mass is 9.71. The number of nitrogens with zero attached hydrogens (tertiary/aromatic N) is 2. The van der Waals surface area contributed by atoms with Gasteiger partial charge in [-0.1, -0.05) is 56.1 Å². The predicted octanol–water partition coefficient (Wildman–Crippen LogP) is 6.86. The van der Waals surface area contributed by atoms with Crippen LogP contribution in [0.3, 0.4) is 0 Å². The number of carboxylic acid groups (broad SMARTS) is 1. The van der Waals surface area contributed by atoms with E-state index in [4.69, 9.17) is 38.0 Å². The first-order valence-corrected chi connectivity index (χ1v) is 13.8. The van der Waals surface area contributed by atoms with Crippen LogP contribution in [-0.4, -0.2) is 47.1 Å². The summed E-state index contributed by atoms with van der Waals surface area (Å²) in [6.45, 7) is 7.47. The molecule has 1 saturated heterocycles. The van der Waals surface area contributed by atoms with Crippen LogP contribution in [0.1, 0.15) is 74.8 Å². The number of carboxylic acids is 1. The molecule has 2 fully saturated rings. The maximum atomic E-state index is 12.4. The molecular weight excluding hydrogens is 525 g/mol. The molecule has 204 valence electrons. The fraction of sp³-hybridized carbons (Fsp3) is 0.483. The second-order valence-corrected chi connectivity index (χ2v) is 12.0. The van der Waals surface area contributed by atoms with Crippen LogP contribution in [0.2, 0.25) is 10.0 Å². The number of ether oxygens (including phenoxy) is 1. The maximum absolute atomic E-state index is 12.4. The first-order valence-electron chi connectivity index (χ1n) is 13.1. The van der Waals surface area contributed by atoms with Gasteiger partial charge in [-0.15, -0.1) is 0 Å². The number of aliphatic carboxylic acids is 1. The Kier molecular flexibility index (Phi) is 8.89. The molecule has 2 aliphatic rings. The van der Waals surface area contributed by atoms with Crippen LogP contribution in [0.25, 0.3) is 0 Å². The second-order valence-electron chi connectivity index (χ2n) is 11.1. The van der Waals surface area contributed by atoms with E-state index < -0.39 is 5.97 Å². The van der Waals surface area contributed by atoms with Gasteiger partial charge in [-0.25, -0.2) is 0 Å². The zero-order valence-electron chi connectivity index (χ0n) is 22.0. The van der Waals surface area contributed by atoms with Crippen molar-refractivity contribution >= 4 is 46.8 Å². The SMILES string of the molecule is CC(C)(C)C1CCC(N2C(=Nc3ccc(Cl)cc3Cl)OCC2c2ccc(C(=O)NCCC(=O)O)cc2)CC1. The highest BCUT2D eigenvalue weighted by molar-refractivity contribution is 6.36.